The second-order valence-corrected chi connectivity index (χ2v) is 8.15. The smallest absolute Gasteiger partial charge is 0.268 e. The molecule has 4 rings (SSSR count). The first-order valence-corrected chi connectivity index (χ1v) is 10.4. The van der Waals surface area contributed by atoms with Crippen LogP contribution in [0.15, 0.2) is 48.5 Å². The molecule has 7 heteroatoms. The molecule has 0 aliphatic heterocycles. The minimum atomic E-state index is -1.06. The molecule has 3 N–H and O–H groups in total. The zero-order valence-corrected chi connectivity index (χ0v) is 17.6. The Morgan fingerprint density at radius 2 is 2.03 bits per heavy atom. The summed E-state index contributed by atoms with van der Waals surface area (Å²) in [6.45, 7) is 1.76. The van der Waals surface area contributed by atoms with E-state index in [0.717, 1.165) is 22.0 Å². The summed E-state index contributed by atoms with van der Waals surface area (Å²) in [5.74, 6) is -0.597. The largest absolute Gasteiger partial charge is 0.383 e. The Bertz CT molecular complexity index is 1110. The quantitative estimate of drug-likeness (QED) is 0.585. The van der Waals surface area contributed by atoms with Crippen molar-refractivity contribution >= 4 is 34.3 Å². The number of H-pyrrole nitrogens is 1. The molecule has 0 saturated carbocycles. The molecule has 1 aliphatic carbocycles. The van der Waals surface area contributed by atoms with Crippen LogP contribution >= 0.6 is 11.6 Å². The predicted octanol–water partition coefficient (Wildman–Crippen LogP) is 3.45. The van der Waals surface area contributed by atoms with Crippen LogP contribution in [0.4, 0.5) is 0 Å². The summed E-state index contributed by atoms with van der Waals surface area (Å²) < 4.78 is 0. The fourth-order valence-corrected chi connectivity index (χ4v) is 4.38. The second kappa shape index (κ2) is 8.13. The van der Waals surface area contributed by atoms with Crippen LogP contribution in [0.2, 0.25) is 5.02 Å². The molecule has 2 aromatic carbocycles. The van der Waals surface area contributed by atoms with Crippen molar-refractivity contribution in [2.45, 2.75) is 38.0 Å². The Morgan fingerprint density at radius 3 is 2.80 bits per heavy atom. The molecule has 0 radical (unpaired) electrons. The third-order valence-electron chi connectivity index (χ3n) is 5.78. The van der Waals surface area contributed by atoms with E-state index in [9.17, 15) is 14.7 Å². The van der Waals surface area contributed by atoms with Crippen LogP contribution in [0, 0.1) is 0 Å². The van der Waals surface area contributed by atoms with E-state index >= 15 is 0 Å². The van der Waals surface area contributed by atoms with Crippen LogP contribution in [0.5, 0.6) is 0 Å². The lowest BCUT2D eigenvalue weighted by Gasteiger charge is -2.32. The number of nitrogens with zero attached hydrogens (tertiary/aromatic N) is 1. The van der Waals surface area contributed by atoms with Gasteiger partial charge in [-0.25, -0.2) is 0 Å². The van der Waals surface area contributed by atoms with Gasteiger partial charge in [0.2, 0.25) is 0 Å². The first-order valence-electron chi connectivity index (χ1n) is 10.0. The number of carbonyl (C=O) groups is 2. The van der Waals surface area contributed by atoms with Crippen LogP contribution in [0.3, 0.4) is 0 Å². The van der Waals surface area contributed by atoms with Gasteiger partial charge in [0, 0.05) is 23.0 Å². The standard InChI is InChI=1S/C23H24ClN3O3/c1-3-20(28)23(30)27(2)21-16-7-5-4-6-13(16)11-18(21)26-22(29)19-12-14-10-15(24)8-9-17(14)25-19/h4-10,12,18,20-21,25,28H,3,11H2,1-2H3,(H,26,29)/t18-,20+,21-/m1/s1. The lowest BCUT2D eigenvalue weighted by Crippen LogP contribution is -2.47. The molecule has 0 bridgehead atoms. The first-order chi connectivity index (χ1) is 14.4. The molecular weight excluding hydrogens is 402 g/mol. The number of rotatable bonds is 5. The van der Waals surface area contributed by atoms with Gasteiger partial charge in [-0.05, 0) is 48.2 Å². The maximum Gasteiger partial charge on any atom is 0.268 e. The Morgan fingerprint density at radius 1 is 1.27 bits per heavy atom. The number of amides is 2. The van der Waals surface area contributed by atoms with Gasteiger partial charge < -0.3 is 20.3 Å². The molecule has 6 nitrogen and oxygen atoms in total. The number of aliphatic hydroxyl groups is 1. The number of fused-ring (bicyclic) bond motifs is 2. The van der Waals surface area contributed by atoms with Crippen LogP contribution in [0.25, 0.3) is 10.9 Å². The van der Waals surface area contributed by atoms with Gasteiger partial charge in [-0.1, -0.05) is 42.8 Å². The Labute approximate surface area is 179 Å². The van der Waals surface area contributed by atoms with E-state index in [2.05, 4.69) is 10.3 Å². The summed E-state index contributed by atoms with van der Waals surface area (Å²) in [6.07, 6.45) is -0.109. The third-order valence-corrected chi connectivity index (χ3v) is 6.01. The fraction of sp³-hybridized carbons (Fsp3) is 0.304. The number of benzene rings is 2. The summed E-state index contributed by atoms with van der Waals surface area (Å²) in [6, 6.07) is 14.4. The monoisotopic (exact) mass is 425 g/mol. The van der Waals surface area contributed by atoms with Gasteiger partial charge in [-0.2, -0.15) is 0 Å². The highest BCUT2D eigenvalue weighted by Gasteiger charge is 2.39. The number of aromatic nitrogens is 1. The highest BCUT2D eigenvalue weighted by atomic mass is 35.5. The Balaban J connectivity index is 1.61. The minimum absolute atomic E-state index is 0.248. The van der Waals surface area contributed by atoms with Crippen molar-refractivity contribution in [3.63, 3.8) is 0 Å². The van der Waals surface area contributed by atoms with Gasteiger partial charge in [0.05, 0.1) is 12.1 Å². The molecule has 0 spiro atoms. The number of aliphatic hydroxyl groups excluding tert-OH is 1. The maximum atomic E-state index is 13.0. The maximum absolute atomic E-state index is 13.0. The zero-order valence-electron chi connectivity index (χ0n) is 16.9. The molecular formula is C23H24ClN3O3. The summed E-state index contributed by atoms with van der Waals surface area (Å²) in [7, 11) is 1.68. The second-order valence-electron chi connectivity index (χ2n) is 7.72. The van der Waals surface area contributed by atoms with Crippen molar-refractivity contribution < 1.29 is 14.7 Å². The van der Waals surface area contributed by atoms with E-state index < -0.39 is 6.10 Å². The molecule has 2 amide bonds. The van der Waals surface area contributed by atoms with Gasteiger partial charge in [0.1, 0.15) is 11.8 Å². The van der Waals surface area contributed by atoms with Crippen molar-refractivity contribution in [1.29, 1.82) is 0 Å². The van der Waals surface area contributed by atoms with Crippen LogP contribution in [-0.4, -0.2) is 46.0 Å². The Kier molecular flexibility index (Phi) is 5.54. The summed E-state index contributed by atoms with van der Waals surface area (Å²) in [5.41, 5.74) is 3.34. The van der Waals surface area contributed by atoms with Crippen molar-refractivity contribution in [2.75, 3.05) is 7.05 Å². The fourth-order valence-electron chi connectivity index (χ4n) is 4.20. The van der Waals surface area contributed by atoms with Crippen molar-refractivity contribution in [3.8, 4) is 0 Å². The van der Waals surface area contributed by atoms with Crippen LogP contribution < -0.4 is 5.32 Å². The number of carbonyl (C=O) groups excluding carboxylic acids is 2. The number of hydrogen-bond donors (Lipinski definition) is 3. The van der Waals surface area contributed by atoms with E-state index in [4.69, 9.17) is 11.6 Å². The SMILES string of the molecule is CC[C@H](O)C(=O)N(C)[C@@H]1c2ccccc2C[C@H]1NC(=O)c1cc2cc(Cl)ccc2[nH]1. The van der Waals surface area contributed by atoms with E-state index in [-0.39, 0.29) is 23.9 Å². The van der Waals surface area contributed by atoms with Crippen LogP contribution in [-0.2, 0) is 11.2 Å². The van der Waals surface area contributed by atoms with Gasteiger partial charge in [0.15, 0.2) is 0 Å². The summed E-state index contributed by atoms with van der Waals surface area (Å²) in [4.78, 5) is 30.3. The van der Waals surface area contributed by atoms with E-state index in [1.165, 1.54) is 0 Å². The average Bonchev–Trinajstić information content (AvgIpc) is 3.32. The highest BCUT2D eigenvalue weighted by Crippen LogP contribution is 2.36. The summed E-state index contributed by atoms with van der Waals surface area (Å²) >= 11 is 6.05. The molecule has 0 unspecified atom stereocenters. The lowest BCUT2D eigenvalue weighted by atomic mass is 10.0. The molecule has 3 atom stereocenters. The molecule has 30 heavy (non-hydrogen) atoms. The zero-order chi connectivity index (χ0) is 21.4. The number of likely N-dealkylation sites (N-methyl/N-ethyl adjacent to an activating group) is 1. The number of halogens is 1. The minimum Gasteiger partial charge on any atom is -0.383 e. The Hall–Kier alpha value is -2.83. The molecule has 1 heterocycles. The van der Waals surface area contributed by atoms with Crippen molar-refractivity contribution in [2.24, 2.45) is 0 Å². The normalized spacial score (nSPS) is 18.8. The van der Waals surface area contributed by atoms with E-state index in [0.29, 0.717) is 23.6 Å². The van der Waals surface area contributed by atoms with Gasteiger partial charge in [-0.3, -0.25) is 9.59 Å². The average molecular weight is 426 g/mol. The molecule has 1 aliphatic rings. The molecule has 0 fully saturated rings. The molecule has 0 saturated heterocycles. The van der Waals surface area contributed by atoms with Crippen LogP contribution in [0.1, 0.15) is 41.0 Å². The highest BCUT2D eigenvalue weighted by molar-refractivity contribution is 6.31. The van der Waals surface area contributed by atoms with E-state index in [1.54, 1.807) is 37.1 Å². The van der Waals surface area contributed by atoms with Crippen molar-refractivity contribution in [3.05, 3.63) is 70.4 Å². The predicted molar refractivity (Wildman–Crippen MR) is 117 cm³/mol. The number of aromatic amines is 1. The van der Waals surface area contributed by atoms with E-state index in [1.807, 2.05) is 30.3 Å². The van der Waals surface area contributed by atoms with Crippen molar-refractivity contribution in [1.82, 2.24) is 15.2 Å². The van der Waals surface area contributed by atoms with Gasteiger partial charge in [0.25, 0.3) is 11.8 Å². The lowest BCUT2D eigenvalue weighted by molar-refractivity contribution is -0.141. The van der Waals surface area contributed by atoms with Gasteiger partial charge >= 0.3 is 0 Å². The molecule has 3 aromatic rings. The topological polar surface area (TPSA) is 85.4 Å². The summed E-state index contributed by atoms with van der Waals surface area (Å²) in [5, 5.41) is 14.6. The molecule has 1 aromatic heterocycles. The number of nitrogens with one attached hydrogen (secondary N) is 2. The van der Waals surface area contributed by atoms with Gasteiger partial charge in [-0.15, -0.1) is 0 Å². The number of hydrogen-bond acceptors (Lipinski definition) is 3. The first kappa shape index (κ1) is 20.4. The molecule has 156 valence electrons. The third kappa shape index (κ3) is 3.68.